The van der Waals surface area contributed by atoms with E-state index in [9.17, 15) is 14.0 Å². The van der Waals surface area contributed by atoms with Gasteiger partial charge in [0.15, 0.2) is 5.65 Å². The first-order chi connectivity index (χ1) is 21.4. The number of carbonyl (C=O) groups excluding carboxylic acids is 1. The molecule has 1 aliphatic rings. The van der Waals surface area contributed by atoms with Crippen molar-refractivity contribution in [2.24, 2.45) is 0 Å². The van der Waals surface area contributed by atoms with Gasteiger partial charge in [0, 0.05) is 36.9 Å². The van der Waals surface area contributed by atoms with Gasteiger partial charge in [0.2, 0.25) is 0 Å². The summed E-state index contributed by atoms with van der Waals surface area (Å²) in [7, 11) is 3.76. The van der Waals surface area contributed by atoms with E-state index in [0.717, 1.165) is 5.56 Å². The maximum absolute atomic E-state index is 15.9. The molecule has 1 aliphatic heterocycles. The van der Waals surface area contributed by atoms with E-state index in [0.29, 0.717) is 31.0 Å². The molecule has 5 rings (SSSR count). The van der Waals surface area contributed by atoms with Crippen LogP contribution in [0.5, 0.6) is 0 Å². The third-order valence-corrected chi connectivity index (χ3v) is 7.96. The highest BCUT2D eigenvalue weighted by molar-refractivity contribution is 5.94. The number of aryl methyl sites for hydroxylation is 1. The molecule has 234 valence electrons. The minimum atomic E-state index is -0.751. The maximum Gasteiger partial charge on any atom is 0.355 e. The molecule has 2 atom stereocenters. The van der Waals surface area contributed by atoms with Crippen molar-refractivity contribution in [3.63, 3.8) is 0 Å². The Bertz CT molecular complexity index is 1890. The molecule has 0 spiro atoms. The van der Waals surface area contributed by atoms with Crippen LogP contribution in [0.25, 0.3) is 28.0 Å². The van der Waals surface area contributed by atoms with Crippen LogP contribution in [0.15, 0.2) is 47.4 Å². The molecule has 3 aromatic heterocycles. The second-order valence-electron chi connectivity index (χ2n) is 12.1. The molecule has 0 N–H and O–H groups in total. The zero-order valence-corrected chi connectivity index (χ0v) is 26.6. The Morgan fingerprint density at radius 2 is 1.80 bits per heavy atom. The summed E-state index contributed by atoms with van der Waals surface area (Å²) >= 11 is 0. The lowest BCUT2D eigenvalue weighted by Crippen LogP contribution is -2.58. The van der Waals surface area contributed by atoms with Crippen molar-refractivity contribution in [3.05, 3.63) is 76.0 Å². The minimum absolute atomic E-state index is 0.0225. The maximum atomic E-state index is 15.9. The highest BCUT2D eigenvalue weighted by Crippen LogP contribution is 2.34. The smallest absolute Gasteiger partial charge is 0.349 e. The molecule has 0 saturated carbocycles. The summed E-state index contributed by atoms with van der Waals surface area (Å²) in [5, 5.41) is 0.287. The quantitative estimate of drug-likeness (QED) is 0.306. The second kappa shape index (κ2) is 12.7. The Labute approximate surface area is 261 Å². The number of nitrogens with zero attached hydrogens (tertiary/aromatic N) is 7. The fraction of sp³-hybridized carbons (Fsp3) is 0.382. The summed E-state index contributed by atoms with van der Waals surface area (Å²) in [5.74, 6) is 4.14. The van der Waals surface area contributed by atoms with Crippen molar-refractivity contribution in [1.82, 2.24) is 29.3 Å². The van der Waals surface area contributed by atoms with Crippen molar-refractivity contribution in [2.45, 2.75) is 52.6 Å². The number of hydrogen-bond acceptors (Lipinski definition) is 7. The van der Waals surface area contributed by atoms with Crippen LogP contribution in [-0.4, -0.2) is 81.0 Å². The van der Waals surface area contributed by atoms with Crippen LogP contribution >= 0.6 is 0 Å². The Morgan fingerprint density at radius 1 is 1.07 bits per heavy atom. The number of benzene rings is 1. The lowest BCUT2D eigenvalue weighted by molar-refractivity contribution is -0.127. The summed E-state index contributed by atoms with van der Waals surface area (Å²) in [6.07, 6.45) is 1.68. The number of fused-ring (bicyclic) bond motifs is 1. The van der Waals surface area contributed by atoms with Gasteiger partial charge in [-0.1, -0.05) is 31.9 Å². The molecule has 0 aliphatic carbocycles. The van der Waals surface area contributed by atoms with Crippen molar-refractivity contribution < 1.29 is 13.6 Å². The molecule has 1 amide bonds. The second-order valence-corrected chi connectivity index (χ2v) is 12.1. The van der Waals surface area contributed by atoms with Crippen LogP contribution < -0.4 is 10.6 Å². The number of hydrogen-bond donors (Lipinski definition) is 0. The monoisotopic (exact) mass is 613 g/mol. The summed E-state index contributed by atoms with van der Waals surface area (Å²) in [6.45, 7) is 10.7. The first-order valence-corrected chi connectivity index (χ1v) is 14.9. The molecular formula is C34H37F2N7O2. The number of piperazine rings is 1. The molecule has 45 heavy (non-hydrogen) atoms. The summed E-state index contributed by atoms with van der Waals surface area (Å²) < 4.78 is 32.2. The lowest BCUT2D eigenvalue weighted by atomic mass is 10.0. The van der Waals surface area contributed by atoms with E-state index in [-0.39, 0.29) is 52.0 Å². The molecule has 0 bridgehead atoms. The van der Waals surface area contributed by atoms with Gasteiger partial charge in [-0.25, -0.2) is 23.1 Å². The molecule has 0 radical (unpaired) electrons. The van der Waals surface area contributed by atoms with Crippen LogP contribution in [0.3, 0.4) is 0 Å². The Kier molecular flexibility index (Phi) is 8.98. The van der Waals surface area contributed by atoms with Gasteiger partial charge in [-0.05, 0) is 76.5 Å². The van der Waals surface area contributed by atoms with E-state index >= 15 is 4.39 Å². The summed E-state index contributed by atoms with van der Waals surface area (Å²) in [4.78, 5) is 46.2. The minimum Gasteiger partial charge on any atom is -0.349 e. The van der Waals surface area contributed by atoms with Crippen LogP contribution in [0.1, 0.15) is 44.9 Å². The molecule has 4 aromatic rings. The van der Waals surface area contributed by atoms with Gasteiger partial charge in [0.25, 0.3) is 5.91 Å². The van der Waals surface area contributed by atoms with Gasteiger partial charge in [-0.15, -0.1) is 0 Å². The third-order valence-electron chi connectivity index (χ3n) is 7.96. The van der Waals surface area contributed by atoms with Gasteiger partial charge in [0.05, 0.1) is 23.3 Å². The summed E-state index contributed by atoms with van der Waals surface area (Å²) in [5.41, 5.74) is 1.19. The number of anilines is 1. The zero-order valence-electron chi connectivity index (χ0n) is 26.6. The van der Waals surface area contributed by atoms with E-state index in [2.05, 4.69) is 26.8 Å². The largest absolute Gasteiger partial charge is 0.355 e. The van der Waals surface area contributed by atoms with Gasteiger partial charge in [-0.2, -0.15) is 4.98 Å². The van der Waals surface area contributed by atoms with E-state index in [1.54, 1.807) is 23.2 Å². The molecule has 4 heterocycles. The van der Waals surface area contributed by atoms with Crippen LogP contribution in [0.2, 0.25) is 0 Å². The van der Waals surface area contributed by atoms with E-state index in [4.69, 9.17) is 0 Å². The van der Waals surface area contributed by atoms with Crippen molar-refractivity contribution in [1.29, 1.82) is 0 Å². The van der Waals surface area contributed by atoms with Gasteiger partial charge >= 0.3 is 5.69 Å². The number of aromatic nitrogens is 4. The molecular weight excluding hydrogens is 576 g/mol. The topological polar surface area (TPSA) is 87.5 Å². The standard InChI is InChI=1S/C34H37F2N7O2/c1-20(2)29-31(21(3)14-15-37-29)43-33-25(17-27(36)30(38-33)24-11-8-9-12-26(24)35)32(39-34(43)45)42-19-22(4)41(18-23(42)5)28(44)13-10-16-40(6)7/h8-9,11-12,14-15,17,20,22-23H,16,18-19H2,1-7H3. The number of halogens is 2. The highest BCUT2D eigenvalue weighted by Gasteiger charge is 2.34. The predicted octanol–water partition coefficient (Wildman–Crippen LogP) is 4.54. The predicted molar refractivity (Wildman–Crippen MR) is 171 cm³/mol. The van der Waals surface area contributed by atoms with Gasteiger partial charge in [-0.3, -0.25) is 14.7 Å². The molecule has 11 heteroatoms. The molecule has 1 aromatic carbocycles. The Morgan fingerprint density at radius 3 is 2.49 bits per heavy atom. The van der Waals surface area contributed by atoms with Crippen molar-refractivity contribution in [3.8, 4) is 28.8 Å². The number of pyridine rings is 2. The number of carbonyl (C=O) groups is 1. The average Bonchev–Trinajstić information content (AvgIpc) is 2.98. The fourth-order valence-electron chi connectivity index (χ4n) is 5.70. The lowest BCUT2D eigenvalue weighted by Gasteiger charge is -2.44. The SMILES string of the molecule is Cc1ccnc(C(C)C)c1-n1c(=O)nc(N2CC(C)N(C(=O)C#CCN(C)C)CC2C)c2cc(F)c(-c3ccccc3F)nc21. The normalized spacial score (nSPS) is 16.8. The first-order valence-electron chi connectivity index (χ1n) is 14.9. The van der Waals surface area contributed by atoms with Gasteiger partial charge < -0.3 is 9.80 Å². The van der Waals surface area contributed by atoms with E-state index in [1.807, 2.05) is 58.5 Å². The highest BCUT2D eigenvalue weighted by atomic mass is 19.1. The third kappa shape index (κ3) is 6.15. The van der Waals surface area contributed by atoms with Crippen LogP contribution in [0.4, 0.5) is 14.6 Å². The first kappa shape index (κ1) is 31.7. The Hall–Kier alpha value is -4.69. The Balaban J connectivity index is 1.71. The molecule has 2 unspecified atom stereocenters. The van der Waals surface area contributed by atoms with Crippen LogP contribution in [0, 0.1) is 30.4 Å². The average molecular weight is 614 g/mol. The number of rotatable bonds is 5. The van der Waals surface area contributed by atoms with Crippen molar-refractivity contribution in [2.75, 3.05) is 38.6 Å². The van der Waals surface area contributed by atoms with E-state index in [1.165, 1.54) is 28.8 Å². The fourth-order valence-corrected chi connectivity index (χ4v) is 5.70. The summed E-state index contributed by atoms with van der Waals surface area (Å²) in [6, 6.07) is 8.31. The zero-order chi connectivity index (χ0) is 32.6. The molecule has 1 saturated heterocycles. The number of amides is 1. The molecule has 1 fully saturated rings. The molecule has 9 nitrogen and oxygen atoms in total. The van der Waals surface area contributed by atoms with E-state index < -0.39 is 17.3 Å². The van der Waals surface area contributed by atoms with Crippen LogP contribution in [-0.2, 0) is 4.79 Å². The van der Waals surface area contributed by atoms with Gasteiger partial charge in [0.1, 0.15) is 23.1 Å². The van der Waals surface area contributed by atoms with Crippen molar-refractivity contribution >= 4 is 22.8 Å².